The summed E-state index contributed by atoms with van der Waals surface area (Å²) < 4.78 is 0. The van der Waals surface area contributed by atoms with Crippen LogP contribution in [0.1, 0.15) is 34.1 Å². The molecule has 0 aromatic heterocycles. The second-order valence-electron chi connectivity index (χ2n) is 5.17. The zero-order valence-electron chi connectivity index (χ0n) is 10.3. The molecular formula is C13H20O3. The third-order valence-electron chi connectivity index (χ3n) is 2.98. The van der Waals surface area contributed by atoms with Crippen LogP contribution in [0.4, 0.5) is 0 Å². The minimum atomic E-state index is -0.883. The van der Waals surface area contributed by atoms with E-state index in [4.69, 9.17) is 0 Å². The summed E-state index contributed by atoms with van der Waals surface area (Å²) >= 11 is 0. The third-order valence-corrected chi connectivity index (χ3v) is 2.98. The minimum absolute atomic E-state index is 0.117. The molecule has 90 valence electrons. The highest BCUT2D eigenvalue weighted by Gasteiger charge is 2.31. The molecule has 16 heavy (non-hydrogen) atoms. The molecule has 0 saturated heterocycles. The van der Waals surface area contributed by atoms with Crippen LogP contribution in [-0.4, -0.2) is 28.2 Å². The van der Waals surface area contributed by atoms with Crippen molar-refractivity contribution in [3.8, 4) is 0 Å². The van der Waals surface area contributed by atoms with Gasteiger partial charge in [-0.3, -0.25) is 4.79 Å². The van der Waals surface area contributed by atoms with Gasteiger partial charge in [0.15, 0.2) is 5.78 Å². The van der Waals surface area contributed by atoms with Crippen molar-refractivity contribution in [2.45, 2.75) is 46.3 Å². The van der Waals surface area contributed by atoms with Gasteiger partial charge in [0.25, 0.3) is 0 Å². The van der Waals surface area contributed by atoms with E-state index in [9.17, 15) is 15.0 Å². The first-order chi connectivity index (χ1) is 7.24. The van der Waals surface area contributed by atoms with Crippen LogP contribution in [0.2, 0.25) is 0 Å². The quantitative estimate of drug-likeness (QED) is 0.749. The predicted molar refractivity (Wildman–Crippen MR) is 62.9 cm³/mol. The fourth-order valence-electron chi connectivity index (χ4n) is 2.10. The summed E-state index contributed by atoms with van der Waals surface area (Å²) in [6.07, 6.45) is 2.02. The summed E-state index contributed by atoms with van der Waals surface area (Å²) in [5.41, 5.74) is 1.55. The lowest BCUT2D eigenvalue weighted by atomic mass is 9.72. The number of aliphatic hydroxyl groups is 2. The average molecular weight is 224 g/mol. The molecule has 0 radical (unpaired) electrons. The molecular weight excluding hydrogens is 204 g/mol. The van der Waals surface area contributed by atoms with Crippen LogP contribution in [0.25, 0.3) is 0 Å². The standard InChI is InChI=1S/C13H20O3/c1-8-5-10(15)7-13(3,4)11(8)6-12(16)9(2)14/h5-6,9,12,14,16H,7H2,1-4H3/b11-6+/t9-,12-/m0/s1. The molecule has 0 saturated carbocycles. The topological polar surface area (TPSA) is 57.5 Å². The van der Waals surface area contributed by atoms with Crippen molar-refractivity contribution >= 4 is 5.78 Å². The summed E-state index contributed by atoms with van der Waals surface area (Å²) in [5, 5.41) is 18.9. The van der Waals surface area contributed by atoms with Crippen molar-refractivity contribution in [1.82, 2.24) is 0 Å². The molecule has 0 bridgehead atoms. The molecule has 0 unspecified atom stereocenters. The van der Waals surface area contributed by atoms with E-state index in [0.29, 0.717) is 6.42 Å². The molecule has 3 nitrogen and oxygen atoms in total. The second-order valence-corrected chi connectivity index (χ2v) is 5.17. The predicted octanol–water partition coefficient (Wildman–Crippen LogP) is 1.60. The number of rotatable bonds is 2. The van der Waals surface area contributed by atoms with Crippen molar-refractivity contribution in [1.29, 1.82) is 0 Å². The van der Waals surface area contributed by atoms with E-state index in [0.717, 1.165) is 11.1 Å². The third kappa shape index (κ3) is 2.80. The fourth-order valence-corrected chi connectivity index (χ4v) is 2.10. The summed E-state index contributed by atoms with van der Waals surface area (Å²) in [6, 6.07) is 0. The van der Waals surface area contributed by atoms with Crippen molar-refractivity contribution in [2.24, 2.45) is 5.41 Å². The zero-order valence-corrected chi connectivity index (χ0v) is 10.3. The van der Waals surface area contributed by atoms with Gasteiger partial charge in [0.05, 0.1) is 12.2 Å². The Kier molecular flexibility index (Phi) is 3.71. The number of ketones is 1. The van der Waals surface area contributed by atoms with E-state index in [1.165, 1.54) is 0 Å². The number of hydrogen-bond acceptors (Lipinski definition) is 3. The first kappa shape index (κ1) is 13.1. The minimum Gasteiger partial charge on any atom is -0.390 e. The maximum absolute atomic E-state index is 11.4. The Morgan fingerprint density at radius 3 is 2.44 bits per heavy atom. The number of carbonyl (C=O) groups excluding carboxylic acids is 1. The molecule has 0 amide bonds. The van der Waals surface area contributed by atoms with E-state index in [1.54, 1.807) is 19.1 Å². The van der Waals surface area contributed by atoms with Gasteiger partial charge in [-0.25, -0.2) is 0 Å². The van der Waals surface area contributed by atoms with E-state index in [-0.39, 0.29) is 11.2 Å². The van der Waals surface area contributed by atoms with E-state index < -0.39 is 12.2 Å². The van der Waals surface area contributed by atoms with E-state index in [2.05, 4.69) is 0 Å². The van der Waals surface area contributed by atoms with Gasteiger partial charge < -0.3 is 10.2 Å². The summed E-state index contributed by atoms with van der Waals surface area (Å²) in [7, 11) is 0. The van der Waals surface area contributed by atoms with Crippen LogP contribution < -0.4 is 0 Å². The lowest BCUT2D eigenvalue weighted by molar-refractivity contribution is -0.116. The van der Waals surface area contributed by atoms with Crippen molar-refractivity contribution in [3.05, 3.63) is 23.3 Å². The Balaban J connectivity index is 3.10. The number of allylic oxidation sites excluding steroid dienone is 3. The number of aliphatic hydroxyl groups excluding tert-OH is 2. The Morgan fingerprint density at radius 2 is 2.00 bits per heavy atom. The zero-order chi connectivity index (χ0) is 12.5. The van der Waals surface area contributed by atoms with Gasteiger partial charge in [0.2, 0.25) is 0 Å². The normalized spacial score (nSPS) is 26.5. The highest BCUT2D eigenvalue weighted by molar-refractivity contribution is 5.93. The maximum Gasteiger partial charge on any atom is 0.156 e. The Bertz CT molecular complexity index is 348. The van der Waals surface area contributed by atoms with Crippen LogP contribution in [0.3, 0.4) is 0 Å². The van der Waals surface area contributed by atoms with Crippen LogP contribution in [0, 0.1) is 5.41 Å². The number of hydrogen-bond donors (Lipinski definition) is 2. The van der Waals surface area contributed by atoms with Gasteiger partial charge in [0.1, 0.15) is 0 Å². The summed E-state index contributed by atoms with van der Waals surface area (Å²) in [5.74, 6) is 0.117. The SMILES string of the molecule is CC1=CC(=O)CC(C)(C)/C1=C/[C@H](O)[C@H](C)O. The van der Waals surface area contributed by atoms with Crippen LogP contribution in [0.15, 0.2) is 23.3 Å². The first-order valence-electron chi connectivity index (χ1n) is 5.54. The maximum atomic E-state index is 11.4. The summed E-state index contributed by atoms with van der Waals surface area (Å²) in [4.78, 5) is 11.4. The molecule has 0 fully saturated rings. The second kappa shape index (κ2) is 4.52. The lowest BCUT2D eigenvalue weighted by Gasteiger charge is -2.32. The Morgan fingerprint density at radius 1 is 1.44 bits per heavy atom. The van der Waals surface area contributed by atoms with Gasteiger partial charge in [0, 0.05) is 6.42 Å². The molecule has 0 heterocycles. The Labute approximate surface area is 96.5 Å². The van der Waals surface area contributed by atoms with Crippen molar-refractivity contribution in [2.75, 3.05) is 0 Å². The van der Waals surface area contributed by atoms with Crippen molar-refractivity contribution in [3.63, 3.8) is 0 Å². The first-order valence-corrected chi connectivity index (χ1v) is 5.54. The molecule has 0 aromatic rings. The van der Waals surface area contributed by atoms with Gasteiger partial charge in [-0.05, 0) is 42.6 Å². The summed E-state index contributed by atoms with van der Waals surface area (Å²) in [6.45, 7) is 7.35. The van der Waals surface area contributed by atoms with Crippen LogP contribution >= 0.6 is 0 Å². The number of carbonyl (C=O) groups is 1. The van der Waals surface area contributed by atoms with Crippen LogP contribution in [-0.2, 0) is 4.79 Å². The largest absolute Gasteiger partial charge is 0.390 e. The molecule has 1 rings (SSSR count). The lowest BCUT2D eigenvalue weighted by Crippen LogP contribution is -2.28. The molecule has 0 spiro atoms. The molecule has 1 aliphatic carbocycles. The average Bonchev–Trinajstić information content (AvgIpc) is 2.09. The van der Waals surface area contributed by atoms with Crippen molar-refractivity contribution < 1.29 is 15.0 Å². The highest BCUT2D eigenvalue weighted by atomic mass is 16.3. The van der Waals surface area contributed by atoms with Crippen LogP contribution in [0.5, 0.6) is 0 Å². The van der Waals surface area contributed by atoms with Gasteiger partial charge >= 0.3 is 0 Å². The van der Waals surface area contributed by atoms with E-state index >= 15 is 0 Å². The molecule has 1 aliphatic rings. The molecule has 0 aromatic carbocycles. The van der Waals surface area contributed by atoms with Gasteiger partial charge in [-0.2, -0.15) is 0 Å². The smallest absolute Gasteiger partial charge is 0.156 e. The monoisotopic (exact) mass is 224 g/mol. The molecule has 2 atom stereocenters. The molecule has 2 N–H and O–H groups in total. The van der Waals surface area contributed by atoms with Gasteiger partial charge in [-0.1, -0.05) is 13.8 Å². The van der Waals surface area contributed by atoms with Gasteiger partial charge in [-0.15, -0.1) is 0 Å². The fraction of sp³-hybridized carbons (Fsp3) is 0.615. The molecule has 3 heteroatoms. The van der Waals surface area contributed by atoms with E-state index in [1.807, 2.05) is 20.8 Å². The highest BCUT2D eigenvalue weighted by Crippen LogP contribution is 2.39. The molecule has 0 aliphatic heterocycles. The Hall–Kier alpha value is -0.930.